The normalized spacial score (nSPS) is 15.6. The number of imide groups is 1. The van der Waals surface area contributed by atoms with Crippen molar-refractivity contribution in [2.24, 2.45) is 11.5 Å². The number of aromatic nitrogens is 1. The standard InChI is InChI=1S/C57H66BClN12O12/c1-68-25-27-69(28-26-68)57(81)83-46-31-45-50(40-8-3-2-7-39(40)46)36(32-59)33-71(45)53(77)44-30-35-29-37(14-17-41(35)66-44)65-51(75)34-12-15-38(16-13-34)82-54(78)43(10-5-21-64-56(61)80)67-52(76)42(9-4-20-58-55(60)79)62-22-23-63-47(72)11-6-24-70-48(73)18-19-49(70)74/h2-3,7-8,12-19,29-31,36,42-43,58,62,66H,4-6,9-11,20-28,32-33H2,1H3,(H2,60,79)(H,63,72)(H,65,75)(H,67,76)(H3,61,64,80)/t36-,42+,43+/m1/s1. The van der Waals surface area contributed by atoms with Crippen LogP contribution in [0.5, 0.6) is 11.5 Å². The van der Waals surface area contributed by atoms with E-state index in [4.69, 9.17) is 32.5 Å². The predicted octanol–water partition coefficient (Wildman–Crippen LogP) is 3.63. The van der Waals surface area contributed by atoms with Crippen LogP contribution in [-0.4, -0.2) is 170 Å². The predicted molar refractivity (Wildman–Crippen MR) is 312 cm³/mol. The number of amides is 10. The van der Waals surface area contributed by atoms with Crippen LogP contribution < -0.4 is 52.4 Å². The number of halogens is 1. The Morgan fingerprint density at radius 3 is 2.23 bits per heavy atom. The number of rotatable bonds is 26. The van der Waals surface area contributed by atoms with E-state index in [9.17, 15) is 47.9 Å². The maximum absolute atomic E-state index is 14.5. The van der Waals surface area contributed by atoms with Gasteiger partial charge in [-0.15, -0.1) is 11.6 Å². The molecule has 5 aromatic rings. The van der Waals surface area contributed by atoms with Crippen molar-refractivity contribution in [3.05, 3.63) is 108 Å². The number of alkyl halides is 1. The first-order valence-electron chi connectivity index (χ1n) is 27.5. The number of carbonyl (C=O) groups excluding carboxylic acids is 10. The first-order chi connectivity index (χ1) is 40.0. The van der Waals surface area contributed by atoms with Crippen LogP contribution in [0.25, 0.3) is 21.7 Å². The molecule has 10 N–H and O–H groups in total. The van der Waals surface area contributed by atoms with Crippen LogP contribution in [0.1, 0.15) is 70.9 Å². The molecule has 8 rings (SSSR count). The van der Waals surface area contributed by atoms with Gasteiger partial charge in [-0.2, -0.15) is 0 Å². The number of primary amides is 2. The molecule has 26 heteroatoms. The molecule has 0 radical (unpaired) electrons. The number of hydrogen-bond acceptors (Lipinski definition) is 14. The van der Waals surface area contributed by atoms with Crippen LogP contribution in [0.3, 0.4) is 0 Å². The number of benzene rings is 4. The van der Waals surface area contributed by atoms with Crippen molar-refractivity contribution in [1.82, 2.24) is 41.0 Å². The summed E-state index contributed by atoms with van der Waals surface area (Å²) in [7, 11) is 2.10. The quantitative estimate of drug-likeness (QED) is 0.00980. The first-order valence-corrected chi connectivity index (χ1v) is 28.0. The summed E-state index contributed by atoms with van der Waals surface area (Å²) >= 11 is 6.56. The van der Waals surface area contributed by atoms with Crippen LogP contribution in [0.4, 0.5) is 25.8 Å². The Morgan fingerprint density at radius 2 is 1.52 bits per heavy atom. The van der Waals surface area contributed by atoms with Gasteiger partial charge in [0.05, 0.1) is 11.7 Å². The second-order valence-electron chi connectivity index (χ2n) is 20.5. The number of nitrogens with zero attached hydrogens (tertiary/aromatic N) is 4. The largest absolute Gasteiger partial charge is 0.425 e. The number of ether oxygens (including phenoxy) is 2. The van der Waals surface area contributed by atoms with Crippen LogP contribution in [0, 0.1) is 0 Å². The second kappa shape index (κ2) is 28.3. The van der Waals surface area contributed by atoms with E-state index in [1.807, 2.05) is 31.3 Å². The van der Waals surface area contributed by atoms with Gasteiger partial charge in [-0.3, -0.25) is 38.5 Å². The van der Waals surface area contributed by atoms with Crippen molar-refractivity contribution in [3.63, 3.8) is 0 Å². The zero-order valence-electron chi connectivity index (χ0n) is 45.8. The van der Waals surface area contributed by atoms with Gasteiger partial charge < -0.3 is 67.2 Å². The summed E-state index contributed by atoms with van der Waals surface area (Å²) < 4.78 is 11.7. The van der Waals surface area contributed by atoms with Crippen LogP contribution in [0.15, 0.2) is 91.0 Å². The third-order valence-corrected chi connectivity index (χ3v) is 14.9. The van der Waals surface area contributed by atoms with Crippen molar-refractivity contribution in [2.75, 3.05) is 82.0 Å². The zero-order valence-corrected chi connectivity index (χ0v) is 46.6. The molecular weight excluding hydrogens is 1090 g/mol. The van der Waals surface area contributed by atoms with Gasteiger partial charge in [-0.05, 0) is 92.2 Å². The Morgan fingerprint density at radius 1 is 0.795 bits per heavy atom. The van der Waals surface area contributed by atoms with Crippen molar-refractivity contribution in [3.8, 4) is 11.5 Å². The van der Waals surface area contributed by atoms with E-state index >= 15 is 0 Å². The minimum Gasteiger partial charge on any atom is -0.425 e. The van der Waals surface area contributed by atoms with E-state index in [0.717, 1.165) is 34.3 Å². The number of urea groups is 1. The third-order valence-electron chi connectivity index (χ3n) is 14.5. The minimum absolute atomic E-state index is 0.0246. The van der Waals surface area contributed by atoms with Gasteiger partial charge in [0, 0.05) is 123 Å². The second-order valence-corrected chi connectivity index (χ2v) is 20.8. The van der Waals surface area contributed by atoms with E-state index in [1.54, 1.807) is 40.1 Å². The fraction of sp³-hybridized carbons (Fsp3) is 0.368. The smallest absolute Gasteiger partial charge is 0.415 e. The number of fused-ring (bicyclic) bond motifs is 4. The molecule has 0 spiro atoms. The van der Waals surface area contributed by atoms with E-state index in [1.165, 1.54) is 36.4 Å². The lowest BCUT2D eigenvalue weighted by molar-refractivity contribution is -0.140. The molecule has 436 valence electrons. The molecule has 3 aliphatic rings. The maximum atomic E-state index is 14.5. The van der Waals surface area contributed by atoms with Crippen molar-refractivity contribution in [2.45, 2.75) is 62.8 Å². The molecule has 0 bridgehead atoms. The van der Waals surface area contributed by atoms with E-state index in [-0.39, 0.29) is 106 Å². The number of anilines is 2. The molecule has 4 aromatic carbocycles. The van der Waals surface area contributed by atoms with Gasteiger partial charge in [0.15, 0.2) is 5.81 Å². The Hall–Kier alpha value is -8.81. The van der Waals surface area contributed by atoms with E-state index in [2.05, 4.69) is 36.5 Å². The molecule has 3 aliphatic heterocycles. The summed E-state index contributed by atoms with van der Waals surface area (Å²) in [6.07, 6.45) is 3.46. The molecule has 1 aromatic heterocycles. The van der Waals surface area contributed by atoms with Gasteiger partial charge in [0.25, 0.3) is 23.6 Å². The number of likely N-dealkylation sites (N-methyl/N-ethyl adjacent to an activating group) is 1. The van der Waals surface area contributed by atoms with Gasteiger partial charge in [0.1, 0.15) is 23.2 Å². The molecule has 0 unspecified atom stereocenters. The van der Waals surface area contributed by atoms with Crippen molar-refractivity contribution in [1.29, 1.82) is 0 Å². The Bertz CT molecular complexity index is 3300. The molecule has 3 atom stereocenters. The lowest BCUT2D eigenvalue weighted by Crippen LogP contribution is -2.52. The number of carbonyl (C=O) groups is 10. The highest BCUT2D eigenvalue weighted by Crippen LogP contribution is 2.46. The van der Waals surface area contributed by atoms with Gasteiger partial charge in [-0.25, -0.2) is 14.4 Å². The topological polar surface area (TPSA) is 330 Å². The van der Waals surface area contributed by atoms with Crippen LogP contribution >= 0.6 is 11.6 Å². The molecular formula is C57H66BClN12O12. The summed E-state index contributed by atoms with van der Waals surface area (Å²) in [4.78, 5) is 138. The number of hydrogen-bond donors (Lipinski definition) is 8. The lowest BCUT2D eigenvalue weighted by atomic mass is 9.72. The highest BCUT2D eigenvalue weighted by molar-refractivity contribution is 6.73. The van der Waals surface area contributed by atoms with Gasteiger partial charge >= 0.3 is 18.1 Å². The number of esters is 1. The Labute approximate surface area is 483 Å². The fourth-order valence-electron chi connectivity index (χ4n) is 10.1. The number of H-pyrrole nitrogens is 1. The Kier molecular flexibility index (Phi) is 20.5. The van der Waals surface area contributed by atoms with Crippen molar-refractivity contribution >= 4 is 111 Å². The minimum atomic E-state index is -1.22. The summed E-state index contributed by atoms with van der Waals surface area (Å²) in [6.45, 7) is 3.24. The molecule has 24 nitrogen and oxygen atoms in total. The summed E-state index contributed by atoms with van der Waals surface area (Å²) in [5.74, 6) is -3.48. The van der Waals surface area contributed by atoms with Crippen molar-refractivity contribution < 1.29 is 57.4 Å². The number of aromatic amines is 1. The summed E-state index contributed by atoms with van der Waals surface area (Å²) in [5, 5.41) is 16.1. The molecule has 83 heavy (non-hydrogen) atoms. The van der Waals surface area contributed by atoms with Crippen LogP contribution in [-0.2, 0) is 24.0 Å². The monoisotopic (exact) mass is 1160 g/mol. The lowest BCUT2D eigenvalue weighted by Gasteiger charge is -2.31. The average molecular weight is 1160 g/mol. The zero-order chi connectivity index (χ0) is 59.2. The highest BCUT2D eigenvalue weighted by Gasteiger charge is 2.37. The molecule has 0 saturated carbocycles. The van der Waals surface area contributed by atoms with E-state index in [0.29, 0.717) is 60.4 Å². The Balaban J connectivity index is 0.883. The molecule has 1 saturated heterocycles. The third kappa shape index (κ3) is 15.8. The average Bonchev–Trinajstić information content (AvgIpc) is 3.12. The number of nitrogens with one attached hydrogen (secondary N) is 6. The molecule has 0 aliphatic carbocycles. The fourth-order valence-corrected chi connectivity index (χ4v) is 10.3. The first kappa shape index (κ1) is 60.3. The number of nitrogens with two attached hydrogens (primary N) is 2. The number of piperazine rings is 1. The highest BCUT2D eigenvalue weighted by atomic mass is 35.5. The maximum Gasteiger partial charge on any atom is 0.415 e. The molecule has 1 fully saturated rings. The summed E-state index contributed by atoms with van der Waals surface area (Å²) in [6, 6.07) is 19.1. The van der Waals surface area contributed by atoms with Gasteiger partial charge in [0.2, 0.25) is 19.1 Å². The van der Waals surface area contributed by atoms with Gasteiger partial charge in [-0.1, -0.05) is 37.0 Å². The van der Waals surface area contributed by atoms with Crippen LogP contribution in [0.2, 0.25) is 6.32 Å². The SMILES string of the molecule is CN1CCN(C(=O)Oc2cc3c(c4ccccc24)[C@H](CCl)CN3C(=O)c2cc3cc(NC(=O)c4ccc(OC(=O)[C@H](CCCNC(N)=O)NC(=O)[C@H](CCCBC(N)=O)NCCNC(=O)CCCN5C(=O)C=CC5=O)cc4)ccc3[nH]2)CC1. The van der Waals surface area contributed by atoms with E-state index < -0.39 is 59.6 Å². The molecule has 4 heterocycles. The summed E-state index contributed by atoms with van der Waals surface area (Å²) in [5.41, 5.74) is 13.6. The molecule has 10 amide bonds.